The van der Waals surface area contributed by atoms with Crippen LogP contribution in [0.15, 0.2) is 24.3 Å². The SMILES string of the molecule is CCCc1nc(-c2cccc(COC)c2)c(N)n1C. The monoisotopic (exact) mass is 259 g/mol. The highest BCUT2D eigenvalue weighted by Crippen LogP contribution is 2.26. The van der Waals surface area contributed by atoms with Crippen molar-refractivity contribution < 1.29 is 4.74 Å². The molecule has 0 saturated carbocycles. The van der Waals surface area contributed by atoms with Gasteiger partial charge in [-0.1, -0.05) is 25.1 Å². The van der Waals surface area contributed by atoms with E-state index in [0.717, 1.165) is 41.3 Å². The van der Waals surface area contributed by atoms with Crippen LogP contribution in [0.5, 0.6) is 0 Å². The van der Waals surface area contributed by atoms with E-state index in [1.54, 1.807) is 7.11 Å². The van der Waals surface area contributed by atoms with Crippen molar-refractivity contribution in [1.29, 1.82) is 0 Å². The van der Waals surface area contributed by atoms with E-state index >= 15 is 0 Å². The van der Waals surface area contributed by atoms with Crippen LogP contribution in [-0.4, -0.2) is 16.7 Å². The number of nitrogens with two attached hydrogens (primary N) is 1. The van der Waals surface area contributed by atoms with Gasteiger partial charge in [-0.25, -0.2) is 4.98 Å². The van der Waals surface area contributed by atoms with Gasteiger partial charge >= 0.3 is 0 Å². The van der Waals surface area contributed by atoms with E-state index in [1.165, 1.54) is 0 Å². The third-order valence-corrected chi connectivity index (χ3v) is 3.22. The minimum atomic E-state index is 0.600. The summed E-state index contributed by atoms with van der Waals surface area (Å²) in [6, 6.07) is 8.17. The largest absolute Gasteiger partial charge is 0.383 e. The molecule has 0 unspecified atom stereocenters. The topological polar surface area (TPSA) is 53.1 Å². The first-order valence-electron chi connectivity index (χ1n) is 6.56. The Labute approximate surface area is 114 Å². The maximum Gasteiger partial charge on any atom is 0.131 e. The fraction of sp³-hybridized carbons (Fsp3) is 0.400. The van der Waals surface area contributed by atoms with E-state index in [1.807, 2.05) is 29.8 Å². The van der Waals surface area contributed by atoms with E-state index in [2.05, 4.69) is 18.0 Å². The molecule has 102 valence electrons. The molecule has 4 heteroatoms. The fourth-order valence-electron chi connectivity index (χ4n) is 2.19. The van der Waals surface area contributed by atoms with E-state index in [0.29, 0.717) is 6.61 Å². The first kappa shape index (κ1) is 13.6. The van der Waals surface area contributed by atoms with Crippen LogP contribution in [0.4, 0.5) is 5.82 Å². The summed E-state index contributed by atoms with van der Waals surface area (Å²) in [6.07, 6.45) is 2.01. The molecule has 1 aromatic heterocycles. The molecule has 0 saturated heterocycles. The minimum Gasteiger partial charge on any atom is -0.383 e. The van der Waals surface area contributed by atoms with Crippen LogP contribution in [0.1, 0.15) is 24.7 Å². The van der Waals surface area contributed by atoms with Crippen LogP contribution < -0.4 is 5.73 Å². The molecule has 0 fully saturated rings. The summed E-state index contributed by atoms with van der Waals surface area (Å²) in [5.41, 5.74) is 9.20. The quantitative estimate of drug-likeness (QED) is 0.898. The Balaban J connectivity index is 2.41. The number of hydrogen-bond donors (Lipinski definition) is 1. The smallest absolute Gasteiger partial charge is 0.131 e. The number of anilines is 1. The van der Waals surface area contributed by atoms with Gasteiger partial charge in [0.2, 0.25) is 0 Å². The summed E-state index contributed by atoms with van der Waals surface area (Å²) in [6.45, 7) is 2.74. The highest BCUT2D eigenvalue weighted by molar-refractivity contribution is 5.71. The Morgan fingerprint density at radius 1 is 1.37 bits per heavy atom. The van der Waals surface area contributed by atoms with Crippen molar-refractivity contribution in [3.8, 4) is 11.3 Å². The lowest BCUT2D eigenvalue weighted by Gasteiger charge is -2.04. The van der Waals surface area contributed by atoms with Crippen LogP contribution in [0.3, 0.4) is 0 Å². The van der Waals surface area contributed by atoms with Gasteiger partial charge in [0.25, 0.3) is 0 Å². The Bertz CT molecular complexity index is 561. The number of benzene rings is 1. The zero-order valence-corrected chi connectivity index (χ0v) is 11.8. The Hall–Kier alpha value is -1.81. The van der Waals surface area contributed by atoms with Gasteiger partial charge < -0.3 is 15.0 Å². The summed E-state index contributed by atoms with van der Waals surface area (Å²) in [4.78, 5) is 4.67. The van der Waals surface area contributed by atoms with Crippen molar-refractivity contribution in [2.24, 2.45) is 7.05 Å². The molecule has 0 aliphatic heterocycles. The van der Waals surface area contributed by atoms with E-state index in [9.17, 15) is 0 Å². The highest BCUT2D eigenvalue weighted by Gasteiger charge is 2.13. The number of ether oxygens (including phenoxy) is 1. The maximum atomic E-state index is 6.16. The molecule has 0 aliphatic rings. The number of nitrogen functional groups attached to an aromatic ring is 1. The Kier molecular flexibility index (Phi) is 4.22. The molecular weight excluding hydrogens is 238 g/mol. The Morgan fingerprint density at radius 2 is 2.16 bits per heavy atom. The second-order valence-corrected chi connectivity index (χ2v) is 4.70. The molecule has 0 aliphatic carbocycles. The third kappa shape index (κ3) is 2.79. The second-order valence-electron chi connectivity index (χ2n) is 4.70. The number of hydrogen-bond acceptors (Lipinski definition) is 3. The molecule has 0 bridgehead atoms. The molecule has 2 aromatic rings. The van der Waals surface area contributed by atoms with Gasteiger partial charge in [0, 0.05) is 26.1 Å². The molecule has 19 heavy (non-hydrogen) atoms. The van der Waals surface area contributed by atoms with E-state index < -0.39 is 0 Å². The standard InChI is InChI=1S/C15H21N3O/c1-4-6-13-17-14(15(16)18(13)2)12-8-5-7-11(9-12)10-19-3/h5,7-9H,4,6,10,16H2,1-3H3. The average molecular weight is 259 g/mol. The van der Waals surface area contributed by atoms with Crippen LogP contribution in [0, 0.1) is 0 Å². The minimum absolute atomic E-state index is 0.600. The summed E-state index contributed by atoms with van der Waals surface area (Å²) in [5, 5.41) is 0. The summed E-state index contributed by atoms with van der Waals surface area (Å²) in [5.74, 6) is 1.75. The van der Waals surface area contributed by atoms with Crippen molar-refractivity contribution in [3.63, 3.8) is 0 Å². The number of aryl methyl sites for hydroxylation is 1. The Morgan fingerprint density at radius 3 is 2.84 bits per heavy atom. The predicted octanol–water partition coefficient (Wildman–Crippen LogP) is 2.77. The molecule has 0 radical (unpaired) electrons. The average Bonchev–Trinajstić information content (AvgIpc) is 2.69. The zero-order valence-electron chi connectivity index (χ0n) is 11.8. The molecule has 0 spiro atoms. The van der Waals surface area contributed by atoms with E-state index in [-0.39, 0.29) is 0 Å². The summed E-state index contributed by atoms with van der Waals surface area (Å²) >= 11 is 0. The molecule has 2 rings (SSSR count). The highest BCUT2D eigenvalue weighted by atomic mass is 16.5. The molecular formula is C15H21N3O. The molecule has 1 aromatic carbocycles. The van der Waals surface area contributed by atoms with Gasteiger partial charge in [-0.2, -0.15) is 0 Å². The van der Waals surface area contributed by atoms with Gasteiger partial charge in [-0.15, -0.1) is 0 Å². The van der Waals surface area contributed by atoms with Crippen LogP contribution in [0.25, 0.3) is 11.3 Å². The van der Waals surface area contributed by atoms with Gasteiger partial charge in [0.15, 0.2) is 0 Å². The van der Waals surface area contributed by atoms with Gasteiger partial charge in [0.05, 0.1) is 6.61 Å². The number of methoxy groups -OCH3 is 1. The normalized spacial score (nSPS) is 10.9. The number of aromatic nitrogens is 2. The molecule has 4 nitrogen and oxygen atoms in total. The van der Waals surface area contributed by atoms with Crippen molar-refractivity contribution >= 4 is 5.82 Å². The lowest BCUT2D eigenvalue weighted by Crippen LogP contribution is -2.01. The number of rotatable bonds is 5. The second kappa shape index (κ2) is 5.89. The van der Waals surface area contributed by atoms with Crippen molar-refractivity contribution in [1.82, 2.24) is 9.55 Å². The zero-order chi connectivity index (χ0) is 13.8. The molecule has 0 amide bonds. The van der Waals surface area contributed by atoms with Crippen molar-refractivity contribution in [2.45, 2.75) is 26.4 Å². The lowest BCUT2D eigenvalue weighted by atomic mass is 10.1. The van der Waals surface area contributed by atoms with Gasteiger partial charge in [-0.05, 0) is 18.1 Å². The molecule has 2 N–H and O–H groups in total. The maximum absolute atomic E-state index is 6.16. The van der Waals surface area contributed by atoms with Crippen LogP contribution in [-0.2, 0) is 24.8 Å². The molecule has 1 heterocycles. The number of nitrogens with zero attached hydrogens (tertiary/aromatic N) is 2. The van der Waals surface area contributed by atoms with Gasteiger partial charge in [0.1, 0.15) is 17.3 Å². The van der Waals surface area contributed by atoms with Crippen molar-refractivity contribution in [2.75, 3.05) is 12.8 Å². The predicted molar refractivity (Wildman–Crippen MR) is 77.8 cm³/mol. The molecule has 0 atom stereocenters. The fourth-order valence-corrected chi connectivity index (χ4v) is 2.19. The number of imidazole rings is 1. The van der Waals surface area contributed by atoms with E-state index in [4.69, 9.17) is 10.5 Å². The van der Waals surface area contributed by atoms with Crippen molar-refractivity contribution in [3.05, 3.63) is 35.7 Å². The first-order valence-corrected chi connectivity index (χ1v) is 6.56. The van der Waals surface area contributed by atoms with Gasteiger partial charge in [-0.3, -0.25) is 0 Å². The van der Waals surface area contributed by atoms with Crippen LogP contribution >= 0.6 is 0 Å². The summed E-state index contributed by atoms with van der Waals surface area (Å²) in [7, 11) is 3.66. The van der Waals surface area contributed by atoms with Crippen LogP contribution in [0.2, 0.25) is 0 Å². The lowest BCUT2D eigenvalue weighted by molar-refractivity contribution is 0.185. The first-order chi connectivity index (χ1) is 9.17. The third-order valence-electron chi connectivity index (χ3n) is 3.22. The summed E-state index contributed by atoms with van der Waals surface area (Å²) < 4.78 is 7.13.